The van der Waals surface area contributed by atoms with Gasteiger partial charge in [0.05, 0.1) is 18.2 Å². The Kier molecular flexibility index (Phi) is 9.45. The van der Waals surface area contributed by atoms with Crippen molar-refractivity contribution in [2.75, 3.05) is 20.2 Å². The van der Waals surface area contributed by atoms with Crippen LogP contribution in [0.15, 0.2) is 76.3 Å². The second kappa shape index (κ2) is 13.2. The Morgan fingerprint density at radius 2 is 1.76 bits per heavy atom. The van der Waals surface area contributed by atoms with Crippen LogP contribution in [0, 0.1) is 16.0 Å². The predicted octanol–water partition coefficient (Wildman–Crippen LogP) is 5.31. The van der Waals surface area contributed by atoms with Crippen molar-refractivity contribution in [2.24, 2.45) is 11.0 Å². The highest BCUT2D eigenvalue weighted by Gasteiger charge is 2.24. The zero-order chi connectivity index (χ0) is 26.9. The molecule has 1 saturated heterocycles. The minimum absolute atomic E-state index is 0.0258. The number of hydrogen-bond donors (Lipinski definition) is 1. The third-order valence-electron chi connectivity index (χ3n) is 6.40. The fraction of sp³-hybridized carbons (Fsp3) is 0.286. The van der Waals surface area contributed by atoms with E-state index in [1.807, 2.05) is 18.2 Å². The van der Waals surface area contributed by atoms with Gasteiger partial charge < -0.3 is 9.47 Å². The van der Waals surface area contributed by atoms with Gasteiger partial charge in [0.1, 0.15) is 6.61 Å². The molecule has 0 aliphatic carbocycles. The molecule has 10 heteroatoms. The zero-order valence-corrected chi connectivity index (χ0v) is 22.6. The number of nitrogens with zero attached hydrogens (tertiary/aromatic N) is 3. The Morgan fingerprint density at radius 3 is 2.42 bits per heavy atom. The van der Waals surface area contributed by atoms with Gasteiger partial charge in [0.2, 0.25) is 5.91 Å². The van der Waals surface area contributed by atoms with Crippen molar-refractivity contribution in [1.29, 1.82) is 0 Å². The molecule has 1 fully saturated rings. The van der Waals surface area contributed by atoms with Gasteiger partial charge in [-0.3, -0.25) is 19.8 Å². The summed E-state index contributed by atoms with van der Waals surface area (Å²) in [6.07, 6.45) is 3.15. The number of rotatable bonds is 10. The van der Waals surface area contributed by atoms with Gasteiger partial charge >= 0.3 is 0 Å². The number of amides is 1. The van der Waals surface area contributed by atoms with Gasteiger partial charge in [-0.25, -0.2) is 5.43 Å². The second-order valence-electron chi connectivity index (χ2n) is 9.03. The van der Waals surface area contributed by atoms with Crippen LogP contribution in [0.2, 0.25) is 0 Å². The van der Waals surface area contributed by atoms with Gasteiger partial charge in [0, 0.05) is 29.1 Å². The smallest absolute Gasteiger partial charge is 0.269 e. The van der Waals surface area contributed by atoms with Gasteiger partial charge in [-0.05, 0) is 85.1 Å². The van der Waals surface area contributed by atoms with Crippen LogP contribution in [0.3, 0.4) is 0 Å². The number of methoxy groups -OCH3 is 1. The lowest BCUT2D eigenvalue weighted by molar-refractivity contribution is -0.384. The number of piperidine rings is 1. The Bertz CT molecular complexity index is 1270. The molecular weight excluding hydrogens is 552 g/mol. The lowest BCUT2D eigenvalue weighted by Crippen LogP contribution is -2.39. The number of non-ortho nitro benzene ring substituents is 1. The van der Waals surface area contributed by atoms with E-state index in [0.29, 0.717) is 11.5 Å². The maximum absolute atomic E-state index is 12.6. The molecule has 0 radical (unpaired) electrons. The number of nitro groups is 1. The van der Waals surface area contributed by atoms with Gasteiger partial charge in [-0.1, -0.05) is 28.1 Å². The molecule has 1 aliphatic rings. The summed E-state index contributed by atoms with van der Waals surface area (Å²) in [6.45, 7) is 2.83. The van der Waals surface area contributed by atoms with E-state index in [1.165, 1.54) is 17.7 Å². The van der Waals surface area contributed by atoms with Crippen molar-refractivity contribution in [3.8, 4) is 11.5 Å². The van der Waals surface area contributed by atoms with Crippen LogP contribution < -0.4 is 14.9 Å². The predicted molar refractivity (Wildman–Crippen MR) is 148 cm³/mol. The summed E-state index contributed by atoms with van der Waals surface area (Å²) in [5, 5.41) is 15.0. The molecule has 0 spiro atoms. The van der Waals surface area contributed by atoms with Crippen molar-refractivity contribution in [2.45, 2.75) is 26.0 Å². The van der Waals surface area contributed by atoms with Gasteiger partial charge in [-0.2, -0.15) is 5.10 Å². The van der Waals surface area contributed by atoms with Gasteiger partial charge in [-0.15, -0.1) is 0 Å². The number of nitro benzene ring substituents is 1. The number of hydrazone groups is 1. The summed E-state index contributed by atoms with van der Waals surface area (Å²) in [6, 6.07) is 19.8. The third-order valence-corrected chi connectivity index (χ3v) is 6.92. The molecule has 198 valence electrons. The minimum Gasteiger partial charge on any atom is -0.493 e. The molecule has 0 saturated carbocycles. The molecule has 1 amide bonds. The van der Waals surface area contributed by atoms with Crippen molar-refractivity contribution < 1.29 is 19.2 Å². The van der Waals surface area contributed by atoms with Gasteiger partial charge in [0.15, 0.2) is 11.5 Å². The molecule has 1 N–H and O–H groups in total. The van der Waals surface area contributed by atoms with Crippen LogP contribution in [-0.2, 0) is 17.9 Å². The Hall–Kier alpha value is -3.76. The highest BCUT2D eigenvalue weighted by molar-refractivity contribution is 9.10. The van der Waals surface area contributed by atoms with Crippen LogP contribution in [0.4, 0.5) is 5.69 Å². The fourth-order valence-electron chi connectivity index (χ4n) is 4.22. The number of benzene rings is 3. The van der Waals surface area contributed by atoms with Crippen molar-refractivity contribution in [1.82, 2.24) is 10.3 Å². The number of hydrogen-bond acceptors (Lipinski definition) is 7. The zero-order valence-electron chi connectivity index (χ0n) is 21.0. The highest BCUT2D eigenvalue weighted by atomic mass is 79.9. The molecule has 1 aliphatic heterocycles. The van der Waals surface area contributed by atoms with E-state index in [4.69, 9.17) is 9.47 Å². The Morgan fingerprint density at radius 1 is 1.08 bits per heavy atom. The number of carbonyl (C=O) groups is 1. The summed E-state index contributed by atoms with van der Waals surface area (Å²) in [5.74, 6) is 0.903. The summed E-state index contributed by atoms with van der Waals surface area (Å²) in [7, 11) is 1.55. The van der Waals surface area contributed by atoms with Crippen LogP contribution in [-0.4, -0.2) is 42.1 Å². The molecule has 0 bridgehead atoms. The average Bonchev–Trinajstić information content (AvgIpc) is 2.94. The van der Waals surface area contributed by atoms with Crippen molar-refractivity contribution in [3.05, 3.63) is 98.0 Å². The SMILES string of the molecule is COc1ccc(/C=N/NC(=O)C2CCN(Cc3ccc(Br)cc3)CC2)cc1OCc1ccc([N+](=O)[O-])cc1. The van der Waals surface area contributed by atoms with Crippen LogP contribution >= 0.6 is 15.9 Å². The molecule has 4 rings (SSSR count). The number of ether oxygens (including phenoxy) is 2. The molecule has 3 aromatic carbocycles. The molecule has 0 atom stereocenters. The second-order valence-corrected chi connectivity index (χ2v) is 9.95. The highest BCUT2D eigenvalue weighted by Crippen LogP contribution is 2.28. The number of carbonyl (C=O) groups excluding carboxylic acids is 1. The molecule has 1 heterocycles. The Labute approximate surface area is 229 Å². The summed E-state index contributed by atoms with van der Waals surface area (Å²) >= 11 is 3.46. The lowest BCUT2D eigenvalue weighted by Gasteiger charge is -2.30. The largest absolute Gasteiger partial charge is 0.493 e. The number of halogens is 1. The minimum atomic E-state index is -0.441. The van der Waals surface area contributed by atoms with E-state index in [-0.39, 0.29) is 24.1 Å². The van der Waals surface area contributed by atoms with E-state index in [9.17, 15) is 14.9 Å². The first kappa shape index (κ1) is 27.3. The fourth-order valence-corrected chi connectivity index (χ4v) is 4.49. The quantitative estimate of drug-likeness (QED) is 0.198. The normalized spacial score (nSPS) is 14.4. The molecule has 9 nitrogen and oxygen atoms in total. The van der Waals surface area contributed by atoms with E-state index in [2.05, 4.69) is 43.5 Å². The monoisotopic (exact) mass is 580 g/mol. The molecular formula is C28H29BrN4O5. The molecule has 38 heavy (non-hydrogen) atoms. The number of likely N-dealkylation sites (tertiary alicyclic amines) is 1. The van der Waals surface area contributed by atoms with Gasteiger partial charge in [0.25, 0.3) is 5.69 Å². The van der Waals surface area contributed by atoms with Crippen LogP contribution in [0.1, 0.15) is 29.5 Å². The van der Waals surface area contributed by atoms with E-state index < -0.39 is 4.92 Å². The molecule has 0 unspecified atom stereocenters. The lowest BCUT2D eigenvalue weighted by atomic mass is 9.96. The third kappa shape index (κ3) is 7.62. The maximum atomic E-state index is 12.6. The van der Waals surface area contributed by atoms with Crippen molar-refractivity contribution in [3.63, 3.8) is 0 Å². The maximum Gasteiger partial charge on any atom is 0.269 e. The average molecular weight is 581 g/mol. The summed E-state index contributed by atoms with van der Waals surface area (Å²) in [5.41, 5.74) is 5.47. The van der Waals surface area contributed by atoms with E-state index in [1.54, 1.807) is 37.6 Å². The summed E-state index contributed by atoms with van der Waals surface area (Å²) < 4.78 is 12.3. The standard InChI is InChI=1S/C28H29BrN4O5/c1-37-26-11-6-22(16-27(26)38-19-21-4-9-25(10-5-21)33(35)36)17-30-31-28(34)23-12-14-32(15-13-23)18-20-2-7-24(29)8-3-20/h2-11,16-17,23H,12-15,18-19H2,1H3,(H,31,34)/b30-17+. The van der Waals surface area contributed by atoms with E-state index >= 15 is 0 Å². The first-order valence-electron chi connectivity index (χ1n) is 12.2. The van der Waals surface area contributed by atoms with E-state index in [0.717, 1.165) is 48.1 Å². The topological polar surface area (TPSA) is 106 Å². The number of nitrogens with one attached hydrogen (secondary N) is 1. The molecule has 3 aromatic rings. The first-order valence-corrected chi connectivity index (χ1v) is 13.0. The van der Waals surface area contributed by atoms with Crippen LogP contribution in [0.25, 0.3) is 0 Å². The Balaban J connectivity index is 1.27. The summed E-state index contributed by atoms with van der Waals surface area (Å²) in [4.78, 5) is 25.4. The first-order chi connectivity index (χ1) is 18.4. The van der Waals surface area contributed by atoms with Crippen LogP contribution in [0.5, 0.6) is 11.5 Å². The van der Waals surface area contributed by atoms with Crippen molar-refractivity contribution >= 4 is 33.7 Å². The molecule has 0 aromatic heterocycles.